The van der Waals surface area contributed by atoms with Gasteiger partial charge in [-0.15, -0.1) is 0 Å². The molecule has 0 aliphatic rings. The molecule has 0 aromatic heterocycles. The highest BCUT2D eigenvalue weighted by Gasteiger charge is 1.76. The van der Waals surface area contributed by atoms with Gasteiger partial charge in [-0.3, -0.25) is 4.78 Å². The molecule has 0 aromatic rings. The third-order valence-electron chi connectivity index (χ3n) is 0.295. The normalized spacial score (nSPS) is 14.3. The van der Waals surface area contributed by atoms with Crippen LogP contribution >= 0.6 is 10.8 Å². The van der Waals surface area contributed by atoms with Gasteiger partial charge in [-0.1, -0.05) is 17.7 Å². The van der Waals surface area contributed by atoms with E-state index < -0.39 is 0 Å². The van der Waals surface area contributed by atoms with Crippen molar-refractivity contribution in [2.24, 2.45) is 0 Å². The van der Waals surface area contributed by atoms with E-state index in [1.54, 1.807) is 10.8 Å². The molecule has 0 saturated heterocycles. The summed E-state index contributed by atoms with van der Waals surface area (Å²) in [5.41, 5.74) is 0. The van der Waals surface area contributed by atoms with E-state index in [0.717, 1.165) is 5.75 Å². The Morgan fingerprint density at radius 2 is 2.33 bits per heavy atom. The Balaban J connectivity index is 2.83. The molecule has 38 valence electrons. The molecule has 0 aliphatic heterocycles. The fourth-order valence-corrected chi connectivity index (χ4v) is 1.59. The van der Waals surface area contributed by atoms with Gasteiger partial charge in [0.15, 0.2) is 0 Å². The van der Waals surface area contributed by atoms with Crippen molar-refractivity contribution < 1.29 is 0 Å². The van der Waals surface area contributed by atoms with E-state index >= 15 is 0 Å². The van der Waals surface area contributed by atoms with Crippen molar-refractivity contribution in [3.05, 3.63) is 0 Å². The molecule has 0 saturated carbocycles. The van der Waals surface area contributed by atoms with Gasteiger partial charge in [-0.05, 0) is 9.72 Å². The largest absolute Gasteiger partial charge is 0.270 e. The number of hydrogen-bond acceptors (Lipinski definition) is 2. The lowest BCUT2D eigenvalue weighted by Gasteiger charge is -1.87. The van der Waals surface area contributed by atoms with Gasteiger partial charge in [-0.2, -0.15) is 0 Å². The maximum absolute atomic E-state index is 6.97. The maximum atomic E-state index is 6.97. The topological polar surface area (TPSA) is 23.9 Å². The van der Waals surface area contributed by atoms with Gasteiger partial charge in [-0.25, -0.2) is 0 Å². The van der Waals surface area contributed by atoms with Crippen molar-refractivity contribution in [2.45, 2.75) is 6.92 Å². The molecule has 1 atom stereocenters. The summed E-state index contributed by atoms with van der Waals surface area (Å²) >= 11 is 0. The number of hydrogen-bond donors (Lipinski definition) is 1. The van der Waals surface area contributed by atoms with E-state index in [0.29, 0.717) is 0 Å². The van der Waals surface area contributed by atoms with Crippen LogP contribution in [-0.4, -0.2) is 12.0 Å². The predicted molar refractivity (Wildman–Crippen MR) is 34.1 cm³/mol. The van der Waals surface area contributed by atoms with Crippen LogP contribution in [0.5, 0.6) is 0 Å². The average molecular weight is 123 g/mol. The Bertz CT molecular complexity index is 52.8. The van der Waals surface area contributed by atoms with Crippen LogP contribution in [0.25, 0.3) is 0 Å². The van der Waals surface area contributed by atoms with Gasteiger partial charge < -0.3 is 0 Å². The van der Waals surface area contributed by atoms with E-state index in [9.17, 15) is 0 Å². The van der Waals surface area contributed by atoms with Crippen molar-refractivity contribution in [3.8, 4) is 0 Å². The highest BCUT2D eigenvalue weighted by molar-refractivity contribution is 8.69. The molecule has 1 nitrogen and oxygen atoms in total. The summed E-state index contributed by atoms with van der Waals surface area (Å²) in [4.78, 5) is 0. The molecule has 0 rings (SSSR count). The number of rotatable bonds is 2. The molecule has 3 heteroatoms. The van der Waals surface area contributed by atoms with Crippen molar-refractivity contribution in [2.75, 3.05) is 12.0 Å². The van der Waals surface area contributed by atoms with Crippen LogP contribution in [0.3, 0.4) is 0 Å². The molecule has 0 radical (unpaired) electrons. The van der Waals surface area contributed by atoms with Crippen molar-refractivity contribution in [1.29, 1.82) is 4.78 Å². The average Bonchev–Trinajstić information content (AvgIpc) is 1.35. The molecule has 0 bridgehead atoms. The summed E-state index contributed by atoms with van der Waals surface area (Å²) in [5.74, 6) is 1.07. The second-order valence-electron chi connectivity index (χ2n) is 0.861. The second kappa shape index (κ2) is 3.68. The molecule has 0 spiro atoms. The Labute approximate surface area is 44.8 Å². The second-order valence-corrected chi connectivity index (χ2v) is 4.79. The van der Waals surface area contributed by atoms with Gasteiger partial charge >= 0.3 is 0 Å². The molecule has 1 unspecified atom stereocenters. The maximum Gasteiger partial charge on any atom is 0.00220 e. The standard InChI is InChI=1S/C3H9NS2/c1-3-5-6(2)4/h4H,3H2,1-2H3. The first-order valence-corrected chi connectivity index (χ1v) is 4.91. The SMILES string of the molecule is CCSS(C)=N. The molecule has 0 fully saturated rings. The minimum absolute atomic E-state index is 0.149. The fraction of sp³-hybridized carbons (Fsp3) is 1.00. The van der Waals surface area contributed by atoms with Crippen LogP contribution in [-0.2, 0) is 9.72 Å². The summed E-state index contributed by atoms with van der Waals surface area (Å²) in [5, 5.41) is 0. The third-order valence-corrected chi connectivity index (χ3v) is 2.65. The molecule has 0 heterocycles. The van der Waals surface area contributed by atoms with E-state index in [-0.39, 0.29) is 9.72 Å². The summed E-state index contributed by atoms with van der Waals surface area (Å²) in [6, 6.07) is 0. The molecule has 1 N–H and O–H groups in total. The van der Waals surface area contributed by atoms with Crippen LogP contribution in [0.4, 0.5) is 0 Å². The first-order valence-electron chi connectivity index (χ1n) is 1.77. The molecular formula is C3H9NS2. The zero-order chi connectivity index (χ0) is 4.99. The van der Waals surface area contributed by atoms with Gasteiger partial charge in [0.1, 0.15) is 0 Å². The monoisotopic (exact) mass is 123 g/mol. The van der Waals surface area contributed by atoms with Gasteiger partial charge in [0.25, 0.3) is 0 Å². The summed E-state index contributed by atoms with van der Waals surface area (Å²) < 4.78 is 6.97. The number of nitrogens with one attached hydrogen (secondary N) is 1. The van der Waals surface area contributed by atoms with Crippen LogP contribution in [0.1, 0.15) is 6.92 Å². The minimum Gasteiger partial charge on any atom is -0.270 e. The van der Waals surface area contributed by atoms with Gasteiger partial charge in [0, 0.05) is 12.0 Å². The van der Waals surface area contributed by atoms with Gasteiger partial charge in [0.2, 0.25) is 0 Å². The van der Waals surface area contributed by atoms with E-state index in [1.807, 2.05) is 6.26 Å². The first kappa shape index (κ1) is 6.50. The highest BCUT2D eigenvalue weighted by atomic mass is 33.1. The minimum atomic E-state index is -0.149. The zero-order valence-electron chi connectivity index (χ0n) is 4.02. The zero-order valence-corrected chi connectivity index (χ0v) is 5.66. The smallest absolute Gasteiger partial charge is 0.00220 e. The lowest BCUT2D eigenvalue weighted by Crippen LogP contribution is -1.71. The quantitative estimate of drug-likeness (QED) is 0.555. The predicted octanol–water partition coefficient (Wildman–Crippen LogP) is 1.66. The summed E-state index contributed by atoms with van der Waals surface area (Å²) in [6.45, 7) is 2.07. The lowest BCUT2D eigenvalue weighted by atomic mass is 11.0. The Kier molecular flexibility index (Phi) is 3.99. The third kappa shape index (κ3) is 4.50. The molecule has 0 amide bonds. The molecule has 0 aliphatic carbocycles. The van der Waals surface area contributed by atoms with Gasteiger partial charge in [0.05, 0.1) is 0 Å². The first-order chi connectivity index (χ1) is 2.77. The van der Waals surface area contributed by atoms with Crippen molar-refractivity contribution in [3.63, 3.8) is 0 Å². The fourth-order valence-electron chi connectivity index (χ4n) is 0.177. The molecule has 6 heavy (non-hydrogen) atoms. The molecule has 0 aromatic carbocycles. The van der Waals surface area contributed by atoms with Crippen molar-refractivity contribution >= 4 is 20.5 Å². The highest BCUT2D eigenvalue weighted by Crippen LogP contribution is 2.01. The Morgan fingerprint density at radius 3 is 2.33 bits per heavy atom. The van der Waals surface area contributed by atoms with Crippen LogP contribution in [0.15, 0.2) is 0 Å². The van der Waals surface area contributed by atoms with Crippen molar-refractivity contribution in [1.82, 2.24) is 0 Å². The lowest BCUT2D eigenvalue weighted by molar-refractivity contribution is 1.54. The van der Waals surface area contributed by atoms with Crippen LogP contribution < -0.4 is 0 Å². The van der Waals surface area contributed by atoms with Crippen LogP contribution in [0, 0.1) is 4.78 Å². The van der Waals surface area contributed by atoms with Crippen LogP contribution in [0.2, 0.25) is 0 Å². The Hall–Kier alpha value is 0.500. The van der Waals surface area contributed by atoms with E-state index in [4.69, 9.17) is 4.78 Å². The van der Waals surface area contributed by atoms with E-state index in [2.05, 4.69) is 6.92 Å². The summed E-state index contributed by atoms with van der Waals surface area (Å²) in [6.07, 6.45) is 1.91. The molecular weight excluding hydrogens is 114 g/mol. The summed E-state index contributed by atoms with van der Waals surface area (Å²) in [7, 11) is 1.53. The Morgan fingerprint density at radius 1 is 1.83 bits per heavy atom. The van der Waals surface area contributed by atoms with E-state index in [1.165, 1.54) is 0 Å².